The quantitative estimate of drug-likeness (QED) is 0.486. The first-order valence-electron chi connectivity index (χ1n) is 10.8. The maximum Gasteiger partial charge on any atom is 0.264 e. The van der Waals surface area contributed by atoms with Crippen molar-refractivity contribution in [2.24, 2.45) is 0 Å². The van der Waals surface area contributed by atoms with E-state index in [1.165, 1.54) is 11.3 Å². The zero-order valence-electron chi connectivity index (χ0n) is 18.5. The van der Waals surface area contributed by atoms with E-state index in [0.29, 0.717) is 11.5 Å². The molecule has 9 heteroatoms. The topological polar surface area (TPSA) is 90.5 Å². The summed E-state index contributed by atoms with van der Waals surface area (Å²) in [5, 5.41) is 8.36. The number of carbonyl (C=O) groups is 2. The van der Waals surface area contributed by atoms with Gasteiger partial charge in [0.25, 0.3) is 11.8 Å². The molecule has 2 aromatic heterocycles. The van der Waals surface area contributed by atoms with Crippen molar-refractivity contribution >= 4 is 55.8 Å². The van der Waals surface area contributed by atoms with Crippen LogP contribution in [0.3, 0.4) is 0 Å². The Bertz CT molecular complexity index is 1340. The number of anilines is 2. The highest BCUT2D eigenvalue weighted by Gasteiger charge is 2.21. The standard InChI is InChI=1S/C24H24N6O2S/c1-29(2)22(31)15-3-6-17(7-4-15)27-24-26-14-16-5-8-19-18(21(16)28-24)13-20(33-19)23(32)30-11-9-25-10-12-30/h3-8,13-14,25H,9-12H2,1-2H3,(H,26,27,28). The lowest BCUT2D eigenvalue weighted by molar-refractivity contribution is 0.0740. The Morgan fingerprint density at radius 3 is 2.58 bits per heavy atom. The molecule has 168 valence electrons. The van der Waals surface area contributed by atoms with Crippen LogP contribution in [-0.2, 0) is 0 Å². The second-order valence-electron chi connectivity index (χ2n) is 8.16. The van der Waals surface area contributed by atoms with Crippen LogP contribution in [0.1, 0.15) is 20.0 Å². The number of thiophene rings is 1. The molecule has 4 aromatic rings. The number of piperazine rings is 1. The molecule has 0 atom stereocenters. The monoisotopic (exact) mass is 460 g/mol. The first-order valence-corrected chi connectivity index (χ1v) is 11.6. The molecule has 8 nitrogen and oxygen atoms in total. The van der Waals surface area contributed by atoms with E-state index < -0.39 is 0 Å². The second kappa shape index (κ2) is 8.76. The van der Waals surface area contributed by atoms with Gasteiger partial charge in [-0.3, -0.25) is 9.59 Å². The molecule has 1 saturated heterocycles. The fourth-order valence-electron chi connectivity index (χ4n) is 3.88. The molecule has 2 aromatic carbocycles. The van der Waals surface area contributed by atoms with Crippen LogP contribution in [-0.4, -0.2) is 71.9 Å². The van der Waals surface area contributed by atoms with E-state index in [9.17, 15) is 9.59 Å². The normalized spacial score (nSPS) is 13.9. The fourth-order valence-corrected chi connectivity index (χ4v) is 4.91. The summed E-state index contributed by atoms with van der Waals surface area (Å²) in [4.78, 5) is 38.4. The Morgan fingerprint density at radius 2 is 1.85 bits per heavy atom. The minimum atomic E-state index is -0.0467. The van der Waals surface area contributed by atoms with Crippen LogP contribution in [0, 0.1) is 0 Å². The molecular weight excluding hydrogens is 436 g/mol. The van der Waals surface area contributed by atoms with Crippen molar-refractivity contribution in [3.63, 3.8) is 0 Å². The van der Waals surface area contributed by atoms with Gasteiger partial charge in [-0.2, -0.15) is 0 Å². The van der Waals surface area contributed by atoms with Crippen LogP contribution in [0.4, 0.5) is 11.6 Å². The molecule has 0 aliphatic carbocycles. The Morgan fingerprint density at radius 1 is 1.09 bits per heavy atom. The highest BCUT2D eigenvalue weighted by Crippen LogP contribution is 2.32. The minimum Gasteiger partial charge on any atom is -0.345 e. The molecule has 1 aliphatic rings. The van der Waals surface area contributed by atoms with Crippen molar-refractivity contribution < 1.29 is 9.59 Å². The van der Waals surface area contributed by atoms with Crippen LogP contribution in [0.15, 0.2) is 48.7 Å². The van der Waals surface area contributed by atoms with Gasteiger partial charge in [0, 0.05) is 73.2 Å². The van der Waals surface area contributed by atoms with Crippen LogP contribution >= 0.6 is 11.3 Å². The summed E-state index contributed by atoms with van der Waals surface area (Å²) >= 11 is 1.50. The summed E-state index contributed by atoms with van der Waals surface area (Å²) in [7, 11) is 3.45. The Kier molecular flexibility index (Phi) is 5.65. The van der Waals surface area contributed by atoms with Gasteiger partial charge in [0.15, 0.2) is 0 Å². The molecule has 2 N–H and O–H groups in total. The van der Waals surface area contributed by atoms with E-state index >= 15 is 0 Å². The van der Waals surface area contributed by atoms with Crippen LogP contribution in [0.25, 0.3) is 21.0 Å². The number of amides is 2. The largest absolute Gasteiger partial charge is 0.345 e. The van der Waals surface area contributed by atoms with Gasteiger partial charge in [0.2, 0.25) is 5.95 Å². The lowest BCUT2D eigenvalue weighted by Gasteiger charge is -2.26. The molecule has 0 saturated carbocycles. The predicted octanol–water partition coefficient (Wildman–Crippen LogP) is 3.34. The third kappa shape index (κ3) is 4.24. The molecule has 0 unspecified atom stereocenters. The summed E-state index contributed by atoms with van der Waals surface area (Å²) < 4.78 is 1.03. The number of nitrogens with one attached hydrogen (secondary N) is 2. The van der Waals surface area contributed by atoms with E-state index in [1.807, 2.05) is 35.2 Å². The molecule has 1 aliphatic heterocycles. The Hall–Kier alpha value is -3.56. The lowest BCUT2D eigenvalue weighted by atomic mass is 10.1. The van der Waals surface area contributed by atoms with Gasteiger partial charge in [-0.15, -0.1) is 11.3 Å². The molecule has 2 amide bonds. The molecule has 33 heavy (non-hydrogen) atoms. The van der Waals surface area contributed by atoms with Gasteiger partial charge < -0.3 is 20.4 Å². The highest BCUT2D eigenvalue weighted by molar-refractivity contribution is 7.21. The molecule has 0 radical (unpaired) electrons. The number of benzene rings is 2. The average molecular weight is 461 g/mol. The lowest BCUT2D eigenvalue weighted by Crippen LogP contribution is -2.46. The van der Waals surface area contributed by atoms with Gasteiger partial charge >= 0.3 is 0 Å². The number of fused-ring (bicyclic) bond motifs is 3. The Balaban J connectivity index is 1.44. The van der Waals surface area contributed by atoms with Gasteiger partial charge in [-0.1, -0.05) is 0 Å². The van der Waals surface area contributed by atoms with Crippen molar-refractivity contribution in [1.29, 1.82) is 0 Å². The van der Waals surface area contributed by atoms with E-state index in [-0.39, 0.29) is 11.8 Å². The fraction of sp³-hybridized carbons (Fsp3) is 0.250. The summed E-state index contributed by atoms with van der Waals surface area (Å²) in [6.45, 7) is 3.10. The number of aromatic nitrogens is 2. The molecule has 0 bridgehead atoms. The smallest absolute Gasteiger partial charge is 0.264 e. The van der Waals surface area contributed by atoms with E-state index in [2.05, 4.69) is 15.6 Å². The van der Waals surface area contributed by atoms with Gasteiger partial charge in [-0.25, -0.2) is 9.97 Å². The first kappa shape index (κ1) is 21.3. The summed E-state index contributed by atoms with van der Waals surface area (Å²) in [5.74, 6) is 0.489. The van der Waals surface area contributed by atoms with E-state index in [0.717, 1.165) is 57.7 Å². The molecule has 1 fully saturated rings. The van der Waals surface area contributed by atoms with Crippen LogP contribution < -0.4 is 10.6 Å². The number of hydrogen-bond donors (Lipinski definition) is 2. The van der Waals surface area contributed by atoms with E-state index in [4.69, 9.17) is 4.98 Å². The highest BCUT2D eigenvalue weighted by atomic mass is 32.1. The van der Waals surface area contributed by atoms with Crippen LogP contribution in [0.2, 0.25) is 0 Å². The summed E-state index contributed by atoms with van der Waals surface area (Å²) in [5.41, 5.74) is 2.21. The third-order valence-electron chi connectivity index (χ3n) is 5.66. The van der Waals surface area contributed by atoms with Crippen molar-refractivity contribution in [2.45, 2.75) is 0 Å². The Labute approximate surface area is 195 Å². The third-order valence-corrected chi connectivity index (χ3v) is 6.74. The summed E-state index contributed by atoms with van der Waals surface area (Å²) in [6, 6.07) is 13.2. The molecule has 0 spiro atoms. The van der Waals surface area contributed by atoms with Gasteiger partial charge in [0.1, 0.15) is 0 Å². The van der Waals surface area contributed by atoms with Crippen molar-refractivity contribution in [3.05, 3.63) is 59.1 Å². The SMILES string of the molecule is CN(C)C(=O)c1ccc(Nc2ncc3ccc4sc(C(=O)N5CCNCC5)cc4c3n2)cc1. The maximum atomic E-state index is 13.0. The number of carbonyl (C=O) groups excluding carboxylic acids is 2. The number of rotatable bonds is 4. The molecule has 3 heterocycles. The minimum absolute atomic E-state index is 0.0467. The average Bonchev–Trinajstić information content (AvgIpc) is 3.29. The summed E-state index contributed by atoms with van der Waals surface area (Å²) in [6.07, 6.45) is 1.78. The molecule has 5 rings (SSSR count). The van der Waals surface area contributed by atoms with Gasteiger partial charge in [-0.05, 0) is 42.5 Å². The van der Waals surface area contributed by atoms with Gasteiger partial charge in [0.05, 0.1) is 10.4 Å². The zero-order valence-corrected chi connectivity index (χ0v) is 19.3. The predicted molar refractivity (Wildman–Crippen MR) is 131 cm³/mol. The van der Waals surface area contributed by atoms with E-state index in [1.54, 1.807) is 37.3 Å². The molecular formula is C24H24N6O2S. The van der Waals surface area contributed by atoms with Crippen molar-refractivity contribution in [1.82, 2.24) is 25.1 Å². The van der Waals surface area contributed by atoms with Crippen LogP contribution in [0.5, 0.6) is 0 Å². The van der Waals surface area contributed by atoms with Crippen molar-refractivity contribution in [3.8, 4) is 0 Å². The zero-order chi connectivity index (χ0) is 22.9. The maximum absolute atomic E-state index is 13.0. The number of nitrogens with zero attached hydrogens (tertiary/aromatic N) is 4. The number of hydrogen-bond acceptors (Lipinski definition) is 7. The first-order chi connectivity index (χ1) is 16.0. The van der Waals surface area contributed by atoms with Crippen molar-refractivity contribution in [2.75, 3.05) is 45.6 Å². The second-order valence-corrected chi connectivity index (χ2v) is 9.25.